The highest BCUT2D eigenvalue weighted by molar-refractivity contribution is 5.17. The summed E-state index contributed by atoms with van der Waals surface area (Å²) in [6, 6.07) is 5.16. The number of aromatic nitrogens is 1. The Kier molecular flexibility index (Phi) is 3.94. The third kappa shape index (κ3) is 3.11. The van der Waals surface area contributed by atoms with Crippen molar-refractivity contribution in [1.29, 1.82) is 0 Å². The number of hydrogen-bond acceptors (Lipinski definition) is 2. The minimum Gasteiger partial charge on any atom is -0.313 e. The van der Waals surface area contributed by atoms with Gasteiger partial charge in [-0.3, -0.25) is 4.98 Å². The van der Waals surface area contributed by atoms with E-state index >= 15 is 0 Å². The van der Waals surface area contributed by atoms with Gasteiger partial charge in [0.25, 0.3) is 0 Å². The van der Waals surface area contributed by atoms with Crippen LogP contribution in [0.2, 0.25) is 0 Å². The van der Waals surface area contributed by atoms with Gasteiger partial charge in [0, 0.05) is 30.9 Å². The lowest BCUT2D eigenvalue weighted by atomic mass is 9.77. The Hall–Kier alpha value is -0.890. The first-order valence-corrected chi connectivity index (χ1v) is 7.57. The SMILES string of the molecule is c1cncc(C(CNC2CC2)C2CCCCC2)c1. The van der Waals surface area contributed by atoms with Crippen LogP contribution in [-0.4, -0.2) is 17.6 Å². The first-order valence-electron chi connectivity index (χ1n) is 7.57. The Morgan fingerprint density at radius 2 is 2.00 bits per heavy atom. The molecular formula is C16H24N2. The van der Waals surface area contributed by atoms with Crippen LogP contribution in [-0.2, 0) is 0 Å². The van der Waals surface area contributed by atoms with Crippen LogP contribution >= 0.6 is 0 Å². The van der Waals surface area contributed by atoms with Gasteiger partial charge in [0.1, 0.15) is 0 Å². The summed E-state index contributed by atoms with van der Waals surface area (Å²) in [5, 5.41) is 3.72. The molecule has 1 aromatic heterocycles. The second kappa shape index (κ2) is 5.83. The third-order valence-corrected chi connectivity index (χ3v) is 4.54. The van der Waals surface area contributed by atoms with Gasteiger partial charge in [-0.25, -0.2) is 0 Å². The van der Waals surface area contributed by atoms with Gasteiger partial charge in [-0.15, -0.1) is 0 Å². The first kappa shape index (κ1) is 12.2. The van der Waals surface area contributed by atoms with E-state index in [-0.39, 0.29) is 0 Å². The second-order valence-electron chi connectivity index (χ2n) is 5.97. The maximum Gasteiger partial charge on any atom is 0.0303 e. The smallest absolute Gasteiger partial charge is 0.0303 e. The van der Waals surface area contributed by atoms with E-state index in [4.69, 9.17) is 0 Å². The molecule has 2 heteroatoms. The summed E-state index contributed by atoms with van der Waals surface area (Å²) < 4.78 is 0. The first-order chi connectivity index (χ1) is 8.93. The molecule has 0 aromatic carbocycles. The van der Waals surface area contributed by atoms with E-state index in [1.807, 2.05) is 6.20 Å². The molecular weight excluding hydrogens is 220 g/mol. The van der Waals surface area contributed by atoms with Crippen LogP contribution in [0, 0.1) is 5.92 Å². The topological polar surface area (TPSA) is 24.9 Å². The zero-order chi connectivity index (χ0) is 12.2. The van der Waals surface area contributed by atoms with E-state index in [0.29, 0.717) is 5.92 Å². The molecule has 2 aliphatic carbocycles. The Morgan fingerprint density at radius 1 is 1.17 bits per heavy atom. The Labute approximate surface area is 110 Å². The van der Waals surface area contributed by atoms with Crippen LogP contribution in [0.25, 0.3) is 0 Å². The summed E-state index contributed by atoms with van der Waals surface area (Å²) in [6.45, 7) is 1.15. The lowest BCUT2D eigenvalue weighted by molar-refractivity contribution is 0.296. The highest BCUT2D eigenvalue weighted by Gasteiger charge is 2.28. The number of pyridine rings is 1. The molecule has 1 heterocycles. The molecule has 3 rings (SSSR count). The molecule has 2 saturated carbocycles. The standard InChI is InChI=1S/C16H24N2/c1-2-5-13(6-3-1)16(12-18-15-8-9-15)14-7-4-10-17-11-14/h4,7,10-11,13,15-16,18H,1-3,5-6,8-9,12H2. The van der Waals surface area contributed by atoms with Crippen molar-refractivity contribution < 1.29 is 0 Å². The van der Waals surface area contributed by atoms with Crippen LogP contribution in [0.4, 0.5) is 0 Å². The van der Waals surface area contributed by atoms with Crippen LogP contribution in [0.5, 0.6) is 0 Å². The molecule has 2 aliphatic rings. The molecule has 1 aromatic rings. The number of nitrogens with zero attached hydrogens (tertiary/aromatic N) is 1. The summed E-state index contributed by atoms with van der Waals surface area (Å²) in [5.41, 5.74) is 1.44. The van der Waals surface area contributed by atoms with E-state index in [0.717, 1.165) is 18.5 Å². The van der Waals surface area contributed by atoms with E-state index < -0.39 is 0 Å². The fourth-order valence-corrected chi connectivity index (χ4v) is 3.27. The predicted molar refractivity (Wildman–Crippen MR) is 74.6 cm³/mol. The van der Waals surface area contributed by atoms with Gasteiger partial charge < -0.3 is 5.32 Å². The molecule has 0 amide bonds. The Balaban J connectivity index is 1.69. The van der Waals surface area contributed by atoms with Crippen molar-refractivity contribution in [2.45, 2.75) is 56.9 Å². The van der Waals surface area contributed by atoms with Crippen molar-refractivity contribution in [3.63, 3.8) is 0 Å². The number of nitrogens with one attached hydrogen (secondary N) is 1. The van der Waals surface area contributed by atoms with Crippen molar-refractivity contribution in [3.05, 3.63) is 30.1 Å². The van der Waals surface area contributed by atoms with E-state index in [9.17, 15) is 0 Å². The maximum absolute atomic E-state index is 4.32. The molecule has 0 spiro atoms. The molecule has 1 atom stereocenters. The molecule has 0 bridgehead atoms. The Morgan fingerprint density at radius 3 is 2.67 bits per heavy atom. The average molecular weight is 244 g/mol. The highest BCUT2D eigenvalue weighted by atomic mass is 14.9. The minimum absolute atomic E-state index is 0.680. The molecule has 1 unspecified atom stereocenters. The van der Waals surface area contributed by atoms with E-state index in [2.05, 4.69) is 28.6 Å². The van der Waals surface area contributed by atoms with Gasteiger partial charge in [0.2, 0.25) is 0 Å². The van der Waals surface area contributed by atoms with Gasteiger partial charge in [-0.2, -0.15) is 0 Å². The largest absolute Gasteiger partial charge is 0.313 e. The van der Waals surface area contributed by atoms with Crippen LogP contribution in [0.15, 0.2) is 24.5 Å². The Bertz CT molecular complexity index is 353. The van der Waals surface area contributed by atoms with Crippen molar-refractivity contribution in [2.75, 3.05) is 6.54 Å². The van der Waals surface area contributed by atoms with Crippen molar-refractivity contribution >= 4 is 0 Å². The molecule has 0 radical (unpaired) electrons. The van der Waals surface area contributed by atoms with Crippen LogP contribution in [0.3, 0.4) is 0 Å². The summed E-state index contributed by atoms with van der Waals surface area (Å²) >= 11 is 0. The lowest BCUT2D eigenvalue weighted by Crippen LogP contribution is -2.29. The normalized spacial score (nSPS) is 22.9. The van der Waals surface area contributed by atoms with E-state index in [1.54, 1.807) is 0 Å². The summed E-state index contributed by atoms with van der Waals surface area (Å²) in [6.07, 6.45) is 13.8. The van der Waals surface area contributed by atoms with Gasteiger partial charge in [-0.05, 0) is 43.2 Å². The summed E-state index contributed by atoms with van der Waals surface area (Å²) in [5.74, 6) is 1.55. The van der Waals surface area contributed by atoms with Crippen molar-refractivity contribution in [2.24, 2.45) is 5.92 Å². The van der Waals surface area contributed by atoms with Crippen LogP contribution < -0.4 is 5.32 Å². The average Bonchev–Trinajstić information content (AvgIpc) is 3.26. The van der Waals surface area contributed by atoms with Gasteiger partial charge in [0.15, 0.2) is 0 Å². The summed E-state index contributed by atoms with van der Waals surface area (Å²) in [4.78, 5) is 4.32. The predicted octanol–water partition coefficient (Wildman–Crippen LogP) is 3.50. The lowest BCUT2D eigenvalue weighted by Gasteiger charge is -2.30. The monoisotopic (exact) mass is 244 g/mol. The number of hydrogen-bond donors (Lipinski definition) is 1. The van der Waals surface area contributed by atoms with Gasteiger partial charge >= 0.3 is 0 Å². The fraction of sp³-hybridized carbons (Fsp3) is 0.688. The summed E-state index contributed by atoms with van der Waals surface area (Å²) in [7, 11) is 0. The highest BCUT2D eigenvalue weighted by Crippen LogP contribution is 2.36. The zero-order valence-electron chi connectivity index (χ0n) is 11.1. The van der Waals surface area contributed by atoms with Crippen LogP contribution in [0.1, 0.15) is 56.4 Å². The quantitative estimate of drug-likeness (QED) is 0.857. The van der Waals surface area contributed by atoms with Gasteiger partial charge in [-0.1, -0.05) is 25.3 Å². The molecule has 98 valence electrons. The second-order valence-corrected chi connectivity index (χ2v) is 5.97. The minimum atomic E-state index is 0.680. The molecule has 2 nitrogen and oxygen atoms in total. The number of rotatable bonds is 5. The molecule has 2 fully saturated rings. The molecule has 0 aliphatic heterocycles. The van der Waals surface area contributed by atoms with Gasteiger partial charge in [0.05, 0.1) is 0 Å². The molecule has 1 N–H and O–H groups in total. The van der Waals surface area contributed by atoms with Crippen molar-refractivity contribution in [1.82, 2.24) is 10.3 Å². The zero-order valence-corrected chi connectivity index (χ0v) is 11.1. The van der Waals surface area contributed by atoms with Crippen molar-refractivity contribution in [3.8, 4) is 0 Å². The van der Waals surface area contributed by atoms with E-state index in [1.165, 1.54) is 50.5 Å². The third-order valence-electron chi connectivity index (χ3n) is 4.54. The molecule has 18 heavy (non-hydrogen) atoms. The fourth-order valence-electron chi connectivity index (χ4n) is 3.27. The maximum atomic E-state index is 4.32. The molecule has 0 saturated heterocycles.